The second-order valence-corrected chi connectivity index (χ2v) is 5.62. The highest BCUT2D eigenvalue weighted by molar-refractivity contribution is 9.10. The van der Waals surface area contributed by atoms with Crippen LogP contribution >= 0.6 is 15.9 Å². The molecule has 1 amide bonds. The number of amides is 1. The Morgan fingerprint density at radius 3 is 2.79 bits per heavy atom. The summed E-state index contributed by atoms with van der Waals surface area (Å²) in [4.78, 5) is 14.4. The predicted molar refractivity (Wildman–Crippen MR) is 78.3 cm³/mol. The molecule has 5 heteroatoms. The lowest BCUT2D eigenvalue weighted by Gasteiger charge is -2.29. The largest absolute Gasteiger partial charge is 0.379 e. The molecular formula is C14H19BrN2O2. The summed E-state index contributed by atoms with van der Waals surface area (Å²) in [7, 11) is 0. The summed E-state index contributed by atoms with van der Waals surface area (Å²) in [6.07, 6.45) is 0. The number of hydrogen-bond donors (Lipinski definition) is 1. The van der Waals surface area contributed by atoms with Gasteiger partial charge in [0.2, 0.25) is 0 Å². The average molecular weight is 327 g/mol. The molecule has 1 fully saturated rings. The van der Waals surface area contributed by atoms with Crippen molar-refractivity contribution in [3.63, 3.8) is 0 Å². The fourth-order valence-electron chi connectivity index (χ4n) is 2.16. The summed E-state index contributed by atoms with van der Waals surface area (Å²) in [5.74, 6) is -0.0340. The van der Waals surface area contributed by atoms with Gasteiger partial charge in [-0.1, -0.05) is 12.1 Å². The quantitative estimate of drug-likeness (QED) is 0.918. The van der Waals surface area contributed by atoms with Gasteiger partial charge in [-0.15, -0.1) is 0 Å². The number of rotatable bonds is 4. The van der Waals surface area contributed by atoms with Gasteiger partial charge in [0.15, 0.2) is 0 Å². The summed E-state index contributed by atoms with van der Waals surface area (Å²) >= 11 is 3.40. The Bertz CT molecular complexity index is 433. The molecule has 1 aromatic rings. The van der Waals surface area contributed by atoms with Gasteiger partial charge in [0.05, 0.1) is 18.8 Å². The van der Waals surface area contributed by atoms with Crippen molar-refractivity contribution in [3.8, 4) is 0 Å². The van der Waals surface area contributed by atoms with Crippen LogP contribution in [0.5, 0.6) is 0 Å². The molecule has 1 N–H and O–H groups in total. The van der Waals surface area contributed by atoms with Crippen LogP contribution in [0, 0.1) is 0 Å². The van der Waals surface area contributed by atoms with E-state index < -0.39 is 0 Å². The smallest absolute Gasteiger partial charge is 0.252 e. The van der Waals surface area contributed by atoms with Crippen LogP contribution < -0.4 is 5.32 Å². The third-order valence-corrected chi connectivity index (χ3v) is 3.82. The molecule has 2 rings (SSSR count). The molecule has 0 saturated carbocycles. The van der Waals surface area contributed by atoms with Gasteiger partial charge in [0, 0.05) is 30.1 Å². The number of hydrogen-bond acceptors (Lipinski definition) is 3. The van der Waals surface area contributed by atoms with Crippen LogP contribution in [0.2, 0.25) is 0 Å². The molecule has 4 nitrogen and oxygen atoms in total. The molecule has 1 heterocycles. The average Bonchev–Trinajstić information content (AvgIpc) is 2.40. The first-order valence-corrected chi connectivity index (χ1v) is 7.31. The van der Waals surface area contributed by atoms with Gasteiger partial charge >= 0.3 is 0 Å². The lowest BCUT2D eigenvalue weighted by Crippen LogP contribution is -2.46. The molecule has 0 aromatic heterocycles. The number of carbonyl (C=O) groups excluding carboxylic acids is 1. The van der Waals surface area contributed by atoms with Crippen LogP contribution in [-0.4, -0.2) is 49.7 Å². The number of halogens is 1. The van der Waals surface area contributed by atoms with E-state index in [-0.39, 0.29) is 11.9 Å². The molecule has 1 aliphatic rings. The summed E-state index contributed by atoms with van der Waals surface area (Å²) in [6, 6.07) is 7.59. The van der Waals surface area contributed by atoms with Crippen molar-refractivity contribution in [2.24, 2.45) is 0 Å². The number of morpholine rings is 1. The zero-order valence-electron chi connectivity index (χ0n) is 11.1. The highest BCUT2D eigenvalue weighted by Crippen LogP contribution is 2.15. The molecule has 1 aromatic carbocycles. The van der Waals surface area contributed by atoms with Crippen LogP contribution in [0.4, 0.5) is 0 Å². The van der Waals surface area contributed by atoms with Crippen molar-refractivity contribution < 1.29 is 9.53 Å². The van der Waals surface area contributed by atoms with E-state index in [4.69, 9.17) is 4.74 Å². The minimum Gasteiger partial charge on any atom is -0.379 e. The first kappa shape index (κ1) is 14.5. The van der Waals surface area contributed by atoms with Crippen molar-refractivity contribution >= 4 is 21.8 Å². The van der Waals surface area contributed by atoms with E-state index in [1.807, 2.05) is 31.2 Å². The molecule has 1 atom stereocenters. The van der Waals surface area contributed by atoms with Crippen LogP contribution in [0.1, 0.15) is 17.3 Å². The zero-order chi connectivity index (χ0) is 13.7. The van der Waals surface area contributed by atoms with Gasteiger partial charge in [-0.25, -0.2) is 0 Å². The summed E-state index contributed by atoms with van der Waals surface area (Å²) in [5, 5.41) is 3.03. The SMILES string of the molecule is CC(CN1CCOCC1)NC(=O)c1ccccc1Br. The van der Waals surface area contributed by atoms with Gasteiger partial charge in [-0.3, -0.25) is 9.69 Å². The first-order chi connectivity index (χ1) is 9.16. The molecule has 1 saturated heterocycles. The Morgan fingerprint density at radius 1 is 1.42 bits per heavy atom. The van der Waals surface area contributed by atoms with E-state index in [2.05, 4.69) is 26.1 Å². The third kappa shape index (κ3) is 4.30. The summed E-state index contributed by atoms with van der Waals surface area (Å²) in [5.41, 5.74) is 0.677. The minimum atomic E-state index is -0.0340. The molecular weight excluding hydrogens is 308 g/mol. The third-order valence-electron chi connectivity index (χ3n) is 3.13. The molecule has 19 heavy (non-hydrogen) atoms. The van der Waals surface area contributed by atoms with E-state index in [9.17, 15) is 4.79 Å². The van der Waals surface area contributed by atoms with E-state index in [1.165, 1.54) is 0 Å². The van der Waals surface area contributed by atoms with Gasteiger partial charge < -0.3 is 10.1 Å². The maximum atomic E-state index is 12.1. The zero-order valence-corrected chi connectivity index (χ0v) is 12.6. The number of nitrogens with zero attached hydrogens (tertiary/aromatic N) is 1. The van der Waals surface area contributed by atoms with Gasteiger partial charge in [0.1, 0.15) is 0 Å². The fourth-order valence-corrected chi connectivity index (χ4v) is 2.63. The number of carbonyl (C=O) groups is 1. The predicted octanol–water partition coefficient (Wildman–Crippen LogP) is 1.90. The van der Waals surface area contributed by atoms with Crippen LogP contribution in [-0.2, 0) is 4.74 Å². The molecule has 0 radical (unpaired) electrons. The highest BCUT2D eigenvalue weighted by atomic mass is 79.9. The standard InChI is InChI=1S/C14H19BrN2O2/c1-11(10-17-6-8-19-9-7-17)16-14(18)12-4-2-3-5-13(12)15/h2-5,11H,6-10H2,1H3,(H,16,18). The Morgan fingerprint density at radius 2 is 2.11 bits per heavy atom. The maximum absolute atomic E-state index is 12.1. The van der Waals surface area contributed by atoms with Crippen molar-refractivity contribution in [2.75, 3.05) is 32.8 Å². The summed E-state index contributed by atoms with van der Waals surface area (Å²) < 4.78 is 6.14. The molecule has 0 bridgehead atoms. The minimum absolute atomic E-state index is 0.0340. The van der Waals surface area contributed by atoms with Crippen molar-refractivity contribution in [3.05, 3.63) is 34.3 Å². The molecule has 0 aliphatic carbocycles. The molecule has 0 spiro atoms. The van der Waals surface area contributed by atoms with Crippen LogP contribution in [0.25, 0.3) is 0 Å². The number of nitrogens with one attached hydrogen (secondary N) is 1. The van der Waals surface area contributed by atoms with Gasteiger partial charge in [-0.2, -0.15) is 0 Å². The second kappa shape index (κ2) is 7.03. The normalized spacial score (nSPS) is 18.0. The van der Waals surface area contributed by atoms with Crippen LogP contribution in [0.15, 0.2) is 28.7 Å². The summed E-state index contributed by atoms with van der Waals surface area (Å²) in [6.45, 7) is 6.34. The Labute approximate surface area is 122 Å². The second-order valence-electron chi connectivity index (χ2n) is 4.77. The molecule has 1 unspecified atom stereocenters. The monoisotopic (exact) mass is 326 g/mol. The number of ether oxygens (including phenoxy) is 1. The topological polar surface area (TPSA) is 41.6 Å². The van der Waals surface area contributed by atoms with Crippen molar-refractivity contribution in [1.29, 1.82) is 0 Å². The molecule has 104 valence electrons. The first-order valence-electron chi connectivity index (χ1n) is 6.52. The van der Waals surface area contributed by atoms with Gasteiger partial charge in [0.25, 0.3) is 5.91 Å². The van der Waals surface area contributed by atoms with E-state index in [0.717, 1.165) is 37.3 Å². The van der Waals surface area contributed by atoms with E-state index >= 15 is 0 Å². The highest BCUT2D eigenvalue weighted by Gasteiger charge is 2.16. The van der Waals surface area contributed by atoms with Gasteiger partial charge in [-0.05, 0) is 35.0 Å². The van der Waals surface area contributed by atoms with E-state index in [1.54, 1.807) is 0 Å². The fraction of sp³-hybridized carbons (Fsp3) is 0.500. The lowest BCUT2D eigenvalue weighted by molar-refractivity contribution is 0.0342. The van der Waals surface area contributed by atoms with Crippen molar-refractivity contribution in [2.45, 2.75) is 13.0 Å². The molecule has 1 aliphatic heterocycles. The Hall–Kier alpha value is -0.910. The van der Waals surface area contributed by atoms with E-state index in [0.29, 0.717) is 5.56 Å². The van der Waals surface area contributed by atoms with Crippen LogP contribution in [0.3, 0.4) is 0 Å². The Kier molecular flexibility index (Phi) is 5.36. The Balaban J connectivity index is 1.86. The van der Waals surface area contributed by atoms with Crippen molar-refractivity contribution in [1.82, 2.24) is 10.2 Å². The maximum Gasteiger partial charge on any atom is 0.252 e. The lowest BCUT2D eigenvalue weighted by atomic mass is 10.2. The number of benzene rings is 1.